The lowest BCUT2D eigenvalue weighted by Crippen LogP contribution is -2.21. The molecule has 0 bridgehead atoms. The van der Waals surface area contributed by atoms with E-state index in [2.05, 4.69) is 16.6 Å². The number of carbonyl (C=O) groups excluding carboxylic acids is 1. The van der Waals surface area contributed by atoms with Gasteiger partial charge in [-0.05, 0) is 68.7 Å². The zero-order valence-electron chi connectivity index (χ0n) is 14.7. The standard InChI is InChI=1S/C20H24N2O2/c1-5-24-19-10-8-17(9-11-19)16(4)21-22-20(23)13-18-7-6-14(2)12-15(18)3/h6-12H,5,13H2,1-4H3,(H,22,23)/b21-16+. The molecule has 0 aliphatic rings. The van der Waals surface area contributed by atoms with Crippen LogP contribution in [0.3, 0.4) is 0 Å². The molecule has 1 N–H and O–H groups in total. The quantitative estimate of drug-likeness (QED) is 0.649. The van der Waals surface area contributed by atoms with Crippen molar-refractivity contribution in [3.8, 4) is 5.75 Å². The van der Waals surface area contributed by atoms with Gasteiger partial charge < -0.3 is 4.74 Å². The fourth-order valence-corrected chi connectivity index (χ4v) is 2.43. The molecule has 4 heteroatoms. The molecule has 0 aliphatic carbocycles. The molecular weight excluding hydrogens is 300 g/mol. The van der Waals surface area contributed by atoms with E-state index >= 15 is 0 Å². The van der Waals surface area contributed by atoms with Gasteiger partial charge in [-0.15, -0.1) is 0 Å². The van der Waals surface area contributed by atoms with Crippen molar-refractivity contribution in [3.05, 3.63) is 64.7 Å². The van der Waals surface area contributed by atoms with Crippen LogP contribution in [0.1, 0.15) is 36.1 Å². The van der Waals surface area contributed by atoms with E-state index in [0.717, 1.165) is 28.2 Å². The summed E-state index contributed by atoms with van der Waals surface area (Å²) in [4.78, 5) is 12.1. The number of hydrogen-bond donors (Lipinski definition) is 1. The molecule has 24 heavy (non-hydrogen) atoms. The van der Waals surface area contributed by atoms with Crippen LogP contribution >= 0.6 is 0 Å². The minimum Gasteiger partial charge on any atom is -0.494 e. The van der Waals surface area contributed by atoms with Crippen LogP contribution in [0.5, 0.6) is 5.75 Å². The van der Waals surface area contributed by atoms with Gasteiger partial charge in [0, 0.05) is 0 Å². The molecule has 0 radical (unpaired) electrons. The van der Waals surface area contributed by atoms with Crippen molar-refractivity contribution in [2.75, 3.05) is 6.61 Å². The van der Waals surface area contributed by atoms with Crippen LogP contribution in [-0.2, 0) is 11.2 Å². The van der Waals surface area contributed by atoms with Crippen molar-refractivity contribution in [1.82, 2.24) is 5.43 Å². The molecule has 0 aromatic heterocycles. The van der Waals surface area contributed by atoms with Crippen molar-refractivity contribution in [3.63, 3.8) is 0 Å². The minimum absolute atomic E-state index is 0.118. The molecular formula is C20H24N2O2. The summed E-state index contributed by atoms with van der Waals surface area (Å²) in [5.41, 5.74) is 7.67. The van der Waals surface area contributed by atoms with Crippen LogP contribution in [0.2, 0.25) is 0 Å². The van der Waals surface area contributed by atoms with Gasteiger partial charge in [0.2, 0.25) is 5.91 Å². The van der Waals surface area contributed by atoms with Gasteiger partial charge >= 0.3 is 0 Å². The van der Waals surface area contributed by atoms with E-state index in [9.17, 15) is 4.79 Å². The maximum Gasteiger partial charge on any atom is 0.244 e. The number of amides is 1. The molecule has 2 rings (SSSR count). The molecule has 1 amide bonds. The SMILES string of the molecule is CCOc1ccc(/C(C)=N/NC(=O)Cc2ccc(C)cc2C)cc1. The van der Waals surface area contributed by atoms with E-state index < -0.39 is 0 Å². The number of aryl methyl sites for hydroxylation is 2. The Morgan fingerprint density at radius 1 is 1.12 bits per heavy atom. The predicted octanol–water partition coefficient (Wildman–Crippen LogP) is 3.79. The highest BCUT2D eigenvalue weighted by Crippen LogP contribution is 2.13. The van der Waals surface area contributed by atoms with E-state index in [1.54, 1.807) is 0 Å². The lowest BCUT2D eigenvalue weighted by Gasteiger charge is -2.07. The maximum atomic E-state index is 12.1. The van der Waals surface area contributed by atoms with E-state index in [1.807, 2.05) is 64.1 Å². The topological polar surface area (TPSA) is 50.7 Å². The number of nitrogens with one attached hydrogen (secondary N) is 1. The fraction of sp³-hybridized carbons (Fsp3) is 0.300. The van der Waals surface area contributed by atoms with E-state index in [1.165, 1.54) is 5.56 Å². The molecule has 0 saturated carbocycles. The average molecular weight is 324 g/mol. The molecule has 0 heterocycles. The Bertz CT molecular complexity index is 734. The maximum absolute atomic E-state index is 12.1. The van der Waals surface area contributed by atoms with Crippen molar-refractivity contribution < 1.29 is 9.53 Å². The third kappa shape index (κ3) is 4.95. The van der Waals surface area contributed by atoms with Crippen LogP contribution in [0.15, 0.2) is 47.6 Å². The Labute approximate surface area is 143 Å². The van der Waals surface area contributed by atoms with Crippen LogP contribution in [-0.4, -0.2) is 18.2 Å². The summed E-state index contributed by atoms with van der Waals surface area (Å²) in [5.74, 6) is 0.708. The van der Waals surface area contributed by atoms with Gasteiger partial charge in [-0.2, -0.15) is 5.10 Å². The number of hydrazone groups is 1. The van der Waals surface area contributed by atoms with E-state index in [0.29, 0.717) is 13.0 Å². The molecule has 0 spiro atoms. The second kappa shape index (κ2) is 8.29. The lowest BCUT2D eigenvalue weighted by molar-refractivity contribution is -0.120. The summed E-state index contributed by atoms with van der Waals surface area (Å²) in [6.07, 6.45) is 0.326. The second-order valence-electron chi connectivity index (χ2n) is 5.80. The number of benzene rings is 2. The molecule has 2 aromatic rings. The zero-order chi connectivity index (χ0) is 17.5. The average Bonchev–Trinajstić information content (AvgIpc) is 2.56. The minimum atomic E-state index is -0.118. The van der Waals surface area contributed by atoms with E-state index in [-0.39, 0.29) is 5.91 Å². The van der Waals surface area contributed by atoms with Crippen molar-refractivity contribution in [1.29, 1.82) is 0 Å². The number of nitrogens with zero attached hydrogens (tertiary/aromatic N) is 1. The number of carbonyl (C=O) groups is 1. The molecule has 0 atom stereocenters. The second-order valence-corrected chi connectivity index (χ2v) is 5.80. The molecule has 0 unspecified atom stereocenters. The van der Waals surface area contributed by atoms with Crippen molar-refractivity contribution in [2.45, 2.75) is 34.1 Å². The molecule has 4 nitrogen and oxygen atoms in total. The van der Waals surface area contributed by atoms with Crippen molar-refractivity contribution in [2.24, 2.45) is 5.10 Å². The van der Waals surface area contributed by atoms with Crippen LogP contribution in [0.25, 0.3) is 0 Å². The van der Waals surface area contributed by atoms with Crippen LogP contribution in [0.4, 0.5) is 0 Å². The van der Waals surface area contributed by atoms with Gasteiger partial charge in [-0.3, -0.25) is 4.79 Å². The monoisotopic (exact) mass is 324 g/mol. The molecule has 126 valence electrons. The summed E-state index contributed by atoms with van der Waals surface area (Å²) in [6, 6.07) is 13.7. The Kier molecular flexibility index (Phi) is 6.13. The summed E-state index contributed by atoms with van der Waals surface area (Å²) < 4.78 is 5.42. The normalized spacial score (nSPS) is 11.2. The first kappa shape index (κ1) is 17.7. The van der Waals surface area contributed by atoms with E-state index in [4.69, 9.17) is 4.74 Å². The van der Waals surface area contributed by atoms with Crippen molar-refractivity contribution >= 4 is 11.6 Å². The highest BCUT2D eigenvalue weighted by atomic mass is 16.5. The molecule has 0 fully saturated rings. The van der Waals surface area contributed by atoms with Gasteiger partial charge in [0.25, 0.3) is 0 Å². The lowest BCUT2D eigenvalue weighted by atomic mass is 10.0. The highest BCUT2D eigenvalue weighted by molar-refractivity contribution is 5.99. The Morgan fingerprint density at radius 2 is 1.83 bits per heavy atom. The largest absolute Gasteiger partial charge is 0.494 e. The summed E-state index contributed by atoms with van der Waals surface area (Å²) >= 11 is 0. The third-order valence-corrected chi connectivity index (χ3v) is 3.78. The van der Waals surface area contributed by atoms with Gasteiger partial charge in [-0.25, -0.2) is 5.43 Å². The number of hydrogen-bond acceptors (Lipinski definition) is 3. The first-order valence-corrected chi connectivity index (χ1v) is 8.12. The predicted molar refractivity (Wildman–Crippen MR) is 97.6 cm³/mol. The first-order valence-electron chi connectivity index (χ1n) is 8.12. The third-order valence-electron chi connectivity index (χ3n) is 3.78. The molecule has 0 saturated heterocycles. The first-order chi connectivity index (χ1) is 11.5. The van der Waals surface area contributed by atoms with Gasteiger partial charge in [-0.1, -0.05) is 23.8 Å². The number of rotatable bonds is 6. The summed E-state index contributed by atoms with van der Waals surface area (Å²) in [7, 11) is 0. The molecule has 2 aromatic carbocycles. The Balaban J connectivity index is 1.97. The Hall–Kier alpha value is -2.62. The fourth-order valence-electron chi connectivity index (χ4n) is 2.43. The Morgan fingerprint density at radius 3 is 2.46 bits per heavy atom. The van der Waals surface area contributed by atoms with Crippen LogP contribution in [0, 0.1) is 13.8 Å². The number of ether oxygens (including phenoxy) is 1. The zero-order valence-corrected chi connectivity index (χ0v) is 14.7. The smallest absolute Gasteiger partial charge is 0.244 e. The molecule has 0 aliphatic heterocycles. The van der Waals surface area contributed by atoms with Gasteiger partial charge in [0.15, 0.2) is 0 Å². The van der Waals surface area contributed by atoms with Gasteiger partial charge in [0.1, 0.15) is 5.75 Å². The summed E-state index contributed by atoms with van der Waals surface area (Å²) in [6.45, 7) is 8.52. The van der Waals surface area contributed by atoms with Gasteiger partial charge in [0.05, 0.1) is 18.7 Å². The van der Waals surface area contributed by atoms with Crippen LogP contribution < -0.4 is 10.2 Å². The summed E-state index contributed by atoms with van der Waals surface area (Å²) in [5, 5.41) is 4.19. The highest BCUT2D eigenvalue weighted by Gasteiger charge is 2.06.